The van der Waals surface area contributed by atoms with Gasteiger partial charge >= 0.3 is 0 Å². The summed E-state index contributed by atoms with van der Waals surface area (Å²) in [5.41, 5.74) is 0. The van der Waals surface area contributed by atoms with Gasteiger partial charge in [0.05, 0.1) is 0 Å². The summed E-state index contributed by atoms with van der Waals surface area (Å²) in [7, 11) is 0. The summed E-state index contributed by atoms with van der Waals surface area (Å²) in [4.78, 5) is 8.36. The molecule has 0 spiro atoms. The number of halogens is 2. The molecule has 0 aliphatic rings. The van der Waals surface area contributed by atoms with Crippen molar-refractivity contribution < 1.29 is 14.6 Å². The molecule has 0 radical (unpaired) electrons. The zero-order valence-corrected chi connectivity index (χ0v) is 6.36. The van der Waals surface area contributed by atoms with Crippen LogP contribution >= 0.6 is 11.6 Å². The highest BCUT2D eigenvalue weighted by Gasteiger charge is 1.74. The smallest absolute Gasteiger partial charge is 0.290 e. The molecule has 1 N–H and O–H groups in total. The second-order valence-corrected chi connectivity index (χ2v) is 1.84. The summed E-state index contributed by atoms with van der Waals surface area (Å²) in [6, 6.07) is 9.44. The minimum Gasteiger partial charge on any atom is -0.483 e. The van der Waals surface area contributed by atoms with Crippen LogP contribution in [-0.2, 0) is 4.79 Å². The van der Waals surface area contributed by atoms with Crippen molar-refractivity contribution in [2.75, 3.05) is 0 Å². The lowest BCUT2D eigenvalue weighted by molar-refractivity contribution is -0.122. The van der Waals surface area contributed by atoms with E-state index in [1.165, 1.54) is 0 Å². The molecule has 0 aliphatic carbocycles. The first-order valence-corrected chi connectivity index (χ1v) is 2.97. The lowest BCUT2D eigenvalue weighted by Gasteiger charge is -1.80. The normalized spacial score (nSPS) is 6.64. The maximum absolute atomic E-state index is 8.36. The molecule has 0 amide bonds. The molecule has 4 heteroatoms. The van der Waals surface area contributed by atoms with Gasteiger partial charge in [0.15, 0.2) is 0 Å². The van der Waals surface area contributed by atoms with Crippen LogP contribution in [0.15, 0.2) is 30.3 Å². The van der Waals surface area contributed by atoms with Crippen LogP contribution in [0.3, 0.4) is 0 Å². The van der Waals surface area contributed by atoms with Gasteiger partial charge in [0.2, 0.25) is 0 Å². The average Bonchev–Trinajstić information content (AvgIpc) is 1.91. The lowest BCUT2D eigenvalue weighted by Crippen LogP contribution is -1.55. The Morgan fingerprint density at radius 2 is 1.64 bits per heavy atom. The SMILES string of the molecule is Clc1ccccc1.F.O=CO. The van der Waals surface area contributed by atoms with E-state index in [0.717, 1.165) is 5.02 Å². The Bertz CT molecular complexity index is 179. The van der Waals surface area contributed by atoms with E-state index in [2.05, 4.69) is 0 Å². The van der Waals surface area contributed by atoms with Crippen molar-refractivity contribution in [3.63, 3.8) is 0 Å². The van der Waals surface area contributed by atoms with Crippen molar-refractivity contribution in [3.05, 3.63) is 35.4 Å². The molecule has 0 bridgehead atoms. The molecule has 0 saturated heterocycles. The van der Waals surface area contributed by atoms with Crippen LogP contribution < -0.4 is 0 Å². The van der Waals surface area contributed by atoms with Crippen LogP contribution in [0.1, 0.15) is 0 Å². The zero-order chi connectivity index (χ0) is 7.82. The summed E-state index contributed by atoms with van der Waals surface area (Å²) < 4.78 is 0. The molecule has 0 heterocycles. The van der Waals surface area contributed by atoms with Gasteiger partial charge in [-0.3, -0.25) is 9.50 Å². The van der Waals surface area contributed by atoms with Gasteiger partial charge in [-0.25, -0.2) is 0 Å². The Morgan fingerprint density at radius 3 is 1.82 bits per heavy atom. The molecule has 1 aromatic rings. The second kappa shape index (κ2) is 8.91. The van der Waals surface area contributed by atoms with Gasteiger partial charge in [-0.15, -0.1) is 0 Å². The third-order valence-corrected chi connectivity index (χ3v) is 0.985. The van der Waals surface area contributed by atoms with Crippen molar-refractivity contribution in [1.82, 2.24) is 0 Å². The van der Waals surface area contributed by atoms with E-state index in [-0.39, 0.29) is 11.2 Å². The first-order valence-electron chi connectivity index (χ1n) is 2.59. The average molecular weight is 179 g/mol. The number of benzene rings is 1. The molecule has 0 fully saturated rings. The van der Waals surface area contributed by atoms with Gasteiger partial charge in [-0.05, 0) is 12.1 Å². The van der Waals surface area contributed by atoms with Crippen molar-refractivity contribution in [2.45, 2.75) is 0 Å². The van der Waals surface area contributed by atoms with E-state index in [4.69, 9.17) is 21.5 Å². The van der Waals surface area contributed by atoms with E-state index < -0.39 is 0 Å². The monoisotopic (exact) mass is 178 g/mol. The number of carboxylic acid groups (broad SMARTS) is 1. The first kappa shape index (κ1) is 12.6. The molecule has 0 atom stereocenters. The predicted octanol–water partition coefficient (Wildman–Crippen LogP) is 2.19. The summed E-state index contributed by atoms with van der Waals surface area (Å²) in [6.07, 6.45) is 0. The highest BCUT2D eigenvalue weighted by atomic mass is 35.5. The highest BCUT2D eigenvalue weighted by Crippen LogP contribution is 2.03. The van der Waals surface area contributed by atoms with E-state index in [9.17, 15) is 0 Å². The van der Waals surface area contributed by atoms with Crippen LogP contribution in [0.2, 0.25) is 5.02 Å². The first-order chi connectivity index (χ1) is 4.81. The highest BCUT2D eigenvalue weighted by molar-refractivity contribution is 6.30. The Balaban J connectivity index is 0. The van der Waals surface area contributed by atoms with Crippen molar-refractivity contribution in [3.8, 4) is 0 Å². The van der Waals surface area contributed by atoms with Crippen LogP contribution in [0.4, 0.5) is 4.70 Å². The molecule has 62 valence electrons. The molecular weight excluding hydrogens is 171 g/mol. The summed E-state index contributed by atoms with van der Waals surface area (Å²) in [5, 5.41) is 7.68. The molecule has 0 saturated carbocycles. The standard InChI is InChI=1S/C6H5Cl.CH2O2.FH/c7-6-4-2-1-3-5-6;2-1-3;/h1-5H;1H,(H,2,3);1H. The van der Waals surface area contributed by atoms with Crippen LogP contribution in [0.5, 0.6) is 0 Å². The third kappa shape index (κ3) is 8.91. The summed E-state index contributed by atoms with van der Waals surface area (Å²) >= 11 is 5.54. The number of rotatable bonds is 0. The zero-order valence-electron chi connectivity index (χ0n) is 5.61. The van der Waals surface area contributed by atoms with E-state index in [1.807, 2.05) is 30.3 Å². The van der Waals surface area contributed by atoms with Gasteiger partial charge in [0.25, 0.3) is 6.47 Å². The molecule has 11 heavy (non-hydrogen) atoms. The van der Waals surface area contributed by atoms with E-state index >= 15 is 0 Å². The molecular formula is C7H8ClFO2. The topological polar surface area (TPSA) is 37.3 Å². The lowest BCUT2D eigenvalue weighted by atomic mass is 10.4. The van der Waals surface area contributed by atoms with Gasteiger partial charge in [-0.2, -0.15) is 0 Å². The molecule has 0 aliphatic heterocycles. The fourth-order valence-corrected chi connectivity index (χ4v) is 0.560. The number of carbonyl (C=O) groups is 1. The fraction of sp³-hybridized carbons (Fsp3) is 0. The molecule has 0 aromatic heterocycles. The van der Waals surface area contributed by atoms with Gasteiger partial charge < -0.3 is 5.11 Å². The maximum Gasteiger partial charge on any atom is 0.290 e. The Kier molecular flexibility index (Phi) is 10.2. The van der Waals surface area contributed by atoms with Gasteiger partial charge in [-0.1, -0.05) is 29.8 Å². The quantitative estimate of drug-likeness (QED) is 0.619. The minimum absolute atomic E-state index is 0. The minimum atomic E-state index is -0.250. The Morgan fingerprint density at radius 1 is 1.27 bits per heavy atom. The number of hydrogen-bond acceptors (Lipinski definition) is 1. The molecule has 2 nitrogen and oxygen atoms in total. The fourth-order valence-electron chi connectivity index (χ4n) is 0.415. The van der Waals surface area contributed by atoms with Gasteiger partial charge in [0, 0.05) is 5.02 Å². The van der Waals surface area contributed by atoms with E-state index in [0.29, 0.717) is 0 Å². The summed E-state index contributed by atoms with van der Waals surface area (Å²) in [5.74, 6) is 0. The Hall–Kier alpha value is -1.09. The second-order valence-electron chi connectivity index (χ2n) is 1.40. The van der Waals surface area contributed by atoms with Gasteiger partial charge in [0.1, 0.15) is 0 Å². The third-order valence-electron chi connectivity index (χ3n) is 0.733. The Labute approximate surface area is 68.8 Å². The molecule has 0 unspecified atom stereocenters. The van der Waals surface area contributed by atoms with Crippen LogP contribution in [0.25, 0.3) is 0 Å². The predicted molar refractivity (Wildman–Crippen MR) is 42.6 cm³/mol. The molecule has 1 aromatic carbocycles. The maximum atomic E-state index is 8.36. The van der Waals surface area contributed by atoms with Crippen LogP contribution in [0, 0.1) is 0 Å². The van der Waals surface area contributed by atoms with Crippen molar-refractivity contribution in [2.24, 2.45) is 0 Å². The van der Waals surface area contributed by atoms with Crippen LogP contribution in [-0.4, -0.2) is 11.6 Å². The van der Waals surface area contributed by atoms with E-state index in [1.54, 1.807) is 0 Å². The van der Waals surface area contributed by atoms with Crippen molar-refractivity contribution >= 4 is 18.1 Å². The molecule has 1 rings (SSSR count). The van der Waals surface area contributed by atoms with Crippen molar-refractivity contribution in [1.29, 1.82) is 0 Å². The number of hydrogen-bond donors (Lipinski definition) is 1. The summed E-state index contributed by atoms with van der Waals surface area (Å²) in [6.45, 7) is -0.250. The largest absolute Gasteiger partial charge is 0.483 e.